The third-order valence-electron chi connectivity index (χ3n) is 3.44. The summed E-state index contributed by atoms with van der Waals surface area (Å²) in [7, 11) is 0. The smallest absolute Gasteiger partial charge is 0.358 e. The number of benzene rings is 2. The molecule has 0 saturated heterocycles. The van der Waals surface area contributed by atoms with Gasteiger partial charge in [0.1, 0.15) is 18.2 Å². The van der Waals surface area contributed by atoms with E-state index < -0.39 is 54.0 Å². The molecule has 0 atom stereocenters. The van der Waals surface area contributed by atoms with Crippen LogP contribution in [0.1, 0.15) is 11.1 Å². The van der Waals surface area contributed by atoms with E-state index in [0.717, 1.165) is 24.3 Å². The molecular weight excluding hydrogens is 384 g/mol. The van der Waals surface area contributed by atoms with Crippen molar-refractivity contribution in [1.82, 2.24) is 0 Å². The highest BCUT2D eigenvalue weighted by molar-refractivity contribution is 5.62. The molecule has 0 radical (unpaired) electrons. The Bertz CT molecular complexity index is 844. The van der Waals surface area contributed by atoms with Crippen molar-refractivity contribution in [2.45, 2.75) is 18.9 Å². The van der Waals surface area contributed by atoms with E-state index in [1.807, 2.05) is 0 Å². The van der Waals surface area contributed by atoms with Gasteiger partial charge in [-0.1, -0.05) is 6.07 Å². The van der Waals surface area contributed by atoms with Gasteiger partial charge in [-0.15, -0.1) is 0 Å². The van der Waals surface area contributed by atoms with Gasteiger partial charge in [-0.2, -0.15) is 26.3 Å². The summed E-state index contributed by atoms with van der Waals surface area (Å²) in [6, 6.07) is 4.17. The molecule has 2 nitrogen and oxygen atoms in total. The lowest BCUT2D eigenvalue weighted by atomic mass is 10.1. The van der Waals surface area contributed by atoms with Crippen LogP contribution in [0.2, 0.25) is 0 Å². The first-order valence-electron chi connectivity index (χ1n) is 7.24. The van der Waals surface area contributed by atoms with Crippen LogP contribution in [-0.2, 0) is 12.7 Å². The number of hydrogen-bond donors (Lipinski definition) is 0. The summed E-state index contributed by atoms with van der Waals surface area (Å²) in [6.45, 7) is 4.42. The van der Waals surface area contributed by atoms with E-state index in [1.54, 1.807) is 0 Å². The second-order valence-electron chi connectivity index (χ2n) is 5.56. The van der Waals surface area contributed by atoms with Crippen molar-refractivity contribution >= 4 is 11.4 Å². The number of rotatable bonds is 4. The lowest BCUT2D eigenvalue weighted by molar-refractivity contribution is -0.136. The van der Waals surface area contributed by atoms with E-state index in [9.17, 15) is 35.1 Å². The highest BCUT2D eigenvalue weighted by Gasteiger charge is 2.35. The van der Waals surface area contributed by atoms with E-state index in [0.29, 0.717) is 17.0 Å². The van der Waals surface area contributed by atoms with Crippen LogP contribution < -0.4 is 4.90 Å². The summed E-state index contributed by atoms with van der Waals surface area (Å²) in [5.74, 6) is -2.06. The molecule has 27 heavy (non-hydrogen) atoms. The second kappa shape index (κ2) is 7.42. The number of alkyl halides is 6. The Morgan fingerprint density at radius 1 is 0.889 bits per heavy atom. The Morgan fingerprint density at radius 3 is 1.96 bits per heavy atom. The monoisotopic (exact) mass is 394 g/mol. The third kappa shape index (κ3) is 5.57. The molecule has 0 spiro atoms. The van der Waals surface area contributed by atoms with Crippen molar-refractivity contribution in [2.24, 2.45) is 0 Å². The van der Waals surface area contributed by atoms with Crippen LogP contribution in [0.4, 0.5) is 46.5 Å². The molecule has 10 heteroatoms. The minimum atomic E-state index is -4.95. The van der Waals surface area contributed by atoms with Gasteiger partial charge in [-0.05, 0) is 29.8 Å². The molecule has 0 amide bonds. The van der Waals surface area contributed by atoms with Crippen molar-refractivity contribution in [3.05, 3.63) is 70.6 Å². The molecular formula is C17H10F8N2. The van der Waals surface area contributed by atoms with Gasteiger partial charge in [-0.25, -0.2) is 13.6 Å². The van der Waals surface area contributed by atoms with Crippen molar-refractivity contribution in [3.63, 3.8) is 0 Å². The zero-order chi connectivity index (χ0) is 20.4. The van der Waals surface area contributed by atoms with Crippen LogP contribution in [0.25, 0.3) is 4.85 Å². The van der Waals surface area contributed by atoms with Crippen molar-refractivity contribution in [2.75, 3.05) is 11.4 Å². The lowest BCUT2D eigenvalue weighted by Gasteiger charge is -2.27. The molecule has 0 aliphatic carbocycles. The Balaban J connectivity index is 2.49. The highest BCUT2D eigenvalue weighted by atomic mass is 19.4. The van der Waals surface area contributed by atoms with Crippen molar-refractivity contribution in [3.8, 4) is 0 Å². The maximum atomic E-state index is 13.3. The van der Waals surface area contributed by atoms with Crippen molar-refractivity contribution < 1.29 is 35.1 Å². The first-order chi connectivity index (χ1) is 12.4. The fourth-order valence-corrected chi connectivity index (χ4v) is 2.42. The van der Waals surface area contributed by atoms with Crippen LogP contribution in [0.3, 0.4) is 0 Å². The van der Waals surface area contributed by atoms with Gasteiger partial charge in [0.25, 0.3) is 0 Å². The lowest BCUT2D eigenvalue weighted by Crippen LogP contribution is -2.34. The Labute approximate surface area is 148 Å². The fourth-order valence-electron chi connectivity index (χ4n) is 2.42. The zero-order valence-electron chi connectivity index (χ0n) is 13.3. The topological polar surface area (TPSA) is 7.60 Å². The molecule has 0 saturated carbocycles. The standard InChI is InChI=1S/C17H10F8N2/c1-26-15-3-2-13(7-14(15)17(23,24)25)27(9-16(20,21)22)8-10-4-11(18)6-12(19)5-10/h2-7H,8-9H2. The number of anilines is 1. The summed E-state index contributed by atoms with van der Waals surface area (Å²) in [5.41, 5.74) is -2.85. The second-order valence-corrected chi connectivity index (χ2v) is 5.56. The van der Waals surface area contributed by atoms with E-state index >= 15 is 0 Å². The number of nitrogens with zero attached hydrogens (tertiary/aromatic N) is 2. The molecule has 144 valence electrons. The van der Waals surface area contributed by atoms with Gasteiger partial charge in [0.05, 0.1) is 12.1 Å². The van der Waals surface area contributed by atoms with Gasteiger partial charge in [0, 0.05) is 18.3 Å². The maximum Gasteiger partial charge on any atom is 0.407 e. The molecule has 0 N–H and O–H groups in total. The average Bonchev–Trinajstić information content (AvgIpc) is 2.50. The summed E-state index contributed by atoms with van der Waals surface area (Å²) >= 11 is 0. The Hall–Kier alpha value is -2.83. The molecule has 2 rings (SSSR count). The molecule has 0 bridgehead atoms. The molecule has 0 fully saturated rings. The Morgan fingerprint density at radius 2 is 1.48 bits per heavy atom. The fraction of sp³-hybridized carbons (Fsp3) is 0.235. The molecule has 2 aromatic carbocycles. The molecule has 0 aliphatic heterocycles. The largest absolute Gasteiger partial charge is 0.407 e. The summed E-state index contributed by atoms with van der Waals surface area (Å²) in [4.78, 5) is 3.21. The number of halogens is 8. The third-order valence-corrected chi connectivity index (χ3v) is 3.44. The first-order valence-corrected chi connectivity index (χ1v) is 7.24. The van der Waals surface area contributed by atoms with E-state index in [2.05, 4.69) is 4.85 Å². The van der Waals surface area contributed by atoms with E-state index in [-0.39, 0.29) is 5.56 Å². The van der Waals surface area contributed by atoms with Gasteiger partial charge in [0.2, 0.25) is 0 Å². The normalized spacial score (nSPS) is 12.0. The quantitative estimate of drug-likeness (QED) is 0.449. The minimum Gasteiger partial charge on any atom is -0.358 e. The van der Waals surface area contributed by atoms with Crippen LogP contribution in [-0.4, -0.2) is 12.7 Å². The van der Waals surface area contributed by atoms with Crippen molar-refractivity contribution in [1.29, 1.82) is 0 Å². The maximum absolute atomic E-state index is 13.3. The zero-order valence-corrected chi connectivity index (χ0v) is 13.3. The van der Waals surface area contributed by atoms with Crippen LogP contribution in [0.5, 0.6) is 0 Å². The minimum absolute atomic E-state index is 0.195. The van der Waals surface area contributed by atoms with Crippen LogP contribution in [0.15, 0.2) is 36.4 Å². The van der Waals surface area contributed by atoms with Crippen LogP contribution >= 0.6 is 0 Å². The van der Waals surface area contributed by atoms with E-state index in [1.165, 1.54) is 0 Å². The molecule has 0 unspecified atom stereocenters. The first kappa shape index (κ1) is 20.5. The van der Waals surface area contributed by atoms with Gasteiger partial charge in [-0.3, -0.25) is 0 Å². The van der Waals surface area contributed by atoms with Crippen LogP contribution in [0, 0.1) is 18.2 Å². The molecule has 0 aliphatic rings. The SMILES string of the molecule is [C-]#[N+]c1ccc(N(Cc2cc(F)cc(F)c2)CC(F)(F)F)cc1C(F)(F)F. The summed E-state index contributed by atoms with van der Waals surface area (Å²) < 4.78 is 104. The molecule has 0 aromatic heterocycles. The predicted molar refractivity (Wildman–Crippen MR) is 81.2 cm³/mol. The molecule has 2 aromatic rings. The van der Waals surface area contributed by atoms with Gasteiger partial charge >= 0.3 is 12.4 Å². The predicted octanol–water partition coefficient (Wildman–Crippen LogP) is 6.10. The Kier molecular flexibility index (Phi) is 5.63. The summed E-state index contributed by atoms with van der Waals surface area (Å²) in [6.07, 6.45) is -9.74. The molecule has 0 heterocycles. The van der Waals surface area contributed by atoms with Gasteiger partial charge in [0.15, 0.2) is 5.69 Å². The summed E-state index contributed by atoms with van der Waals surface area (Å²) in [5, 5.41) is 0. The van der Waals surface area contributed by atoms with Gasteiger partial charge < -0.3 is 4.90 Å². The van der Waals surface area contributed by atoms with E-state index in [4.69, 9.17) is 6.57 Å². The highest BCUT2D eigenvalue weighted by Crippen LogP contribution is 2.39. The number of hydrogen-bond acceptors (Lipinski definition) is 1. The average molecular weight is 394 g/mol.